The van der Waals surface area contributed by atoms with Crippen molar-refractivity contribution in [1.29, 1.82) is 0 Å². The highest BCUT2D eigenvalue weighted by atomic mass is 16.7. The molecule has 0 aromatic rings. The maximum Gasteiger partial charge on any atom is 0.187 e. The van der Waals surface area contributed by atoms with Crippen LogP contribution >= 0.6 is 0 Å². The summed E-state index contributed by atoms with van der Waals surface area (Å²) in [5.41, 5.74) is -5.20. The van der Waals surface area contributed by atoms with Crippen molar-refractivity contribution >= 4 is 5.78 Å². The van der Waals surface area contributed by atoms with Gasteiger partial charge in [-0.25, -0.2) is 0 Å². The van der Waals surface area contributed by atoms with Gasteiger partial charge in [0.2, 0.25) is 0 Å². The summed E-state index contributed by atoms with van der Waals surface area (Å²) in [5, 5.41) is 97.6. The minimum Gasteiger partial charge on any atom is -0.394 e. The van der Waals surface area contributed by atoms with Crippen molar-refractivity contribution in [2.45, 2.75) is 152 Å². The van der Waals surface area contributed by atoms with Crippen LogP contribution in [0.25, 0.3) is 0 Å². The molecular formula is C33H54O12. The minimum atomic E-state index is -1.69. The summed E-state index contributed by atoms with van der Waals surface area (Å²) in [4.78, 5) is 13.5. The standard InChI is InChI=1S/C33H54O12/c1-29(2,41)9-8-24(45-28-27(40)26(39)25(38)22(15-34)44-28)32(5,42)23-7-11-33(43)17-12-19(35)18-13-20(36)21(37)14-30(18,3)16(17)6-10-31(23,33)4/h12,16,18,20-28,34,36-43H,6-11,13-15H2,1-5H3/t16-,18-,20+,21-,22+,23-,24+,25+,26-,27+,28-,30+,31+,32+,33+/m0/s1. The van der Waals surface area contributed by atoms with E-state index in [1.54, 1.807) is 26.8 Å². The Labute approximate surface area is 264 Å². The van der Waals surface area contributed by atoms with Crippen LogP contribution in [0.15, 0.2) is 11.6 Å². The van der Waals surface area contributed by atoms with Crippen LogP contribution in [0.3, 0.4) is 0 Å². The molecule has 12 nitrogen and oxygen atoms in total. The van der Waals surface area contributed by atoms with E-state index in [9.17, 15) is 50.8 Å². The van der Waals surface area contributed by atoms with Crippen LogP contribution in [-0.2, 0) is 14.3 Å². The second kappa shape index (κ2) is 11.8. The summed E-state index contributed by atoms with van der Waals surface area (Å²) in [6.07, 6.45) is -6.69. The molecule has 1 aliphatic heterocycles. The minimum absolute atomic E-state index is 0.111. The summed E-state index contributed by atoms with van der Waals surface area (Å²) in [7, 11) is 0. The topological polar surface area (TPSA) is 218 Å². The highest BCUT2D eigenvalue weighted by Crippen LogP contribution is 2.68. The van der Waals surface area contributed by atoms with Crippen LogP contribution < -0.4 is 0 Å². The first-order chi connectivity index (χ1) is 20.7. The molecule has 4 fully saturated rings. The van der Waals surface area contributed by atoms with Gasteiger partial charge in [-0.05, 0) is 101 Å². The molecule has 5 aliphatic rings. The predicted octanol–water partition coefficient (Wildman–Crippen LogP) is -0.322. The molecule has 4 aliphatic carbocycles. The Hall–Kier alpha value is -1.03. The maximum absolute atomic E-state index is 13.5. The van der Waals surface area contributed by atoms with Gasteiger partial charge in [-0.3, -0.25) is 4.79 Å². The zero-order chi connectivity index (χ0) is 33.5. The predicted molar refractivity (Wildman–Crippen MR) is 159 cm³/mol. The fourth-order valence-corrected chi connectivity index (χ4v) is 9.86. The molecule has 0 radical (unpaired) electrons. The molecule has 0 bridgehead atoms. The van der Waals surface area contributed by atoms with Gasteiger partial charge in [0.25, 0.3) is 0 Å². The van der Waals surface area contributed by atoms with Crippen molar-refractivity contribution in [2.24, 2.45) is 28.6 Å². The normalized spacial score (nSPS) is 48.9. The number of hydrogen-bond donors (Lipinski definition) is 9. The molecule has 9 N–H and O–H groups in total. The van der Waals surface area contributed by atoms with E-state index < -0.39 is 95.1 Å². The lowest BCUT2D eigenvalue weighted by molar-refractivity contribution is -0.328. The van der Waals surface area contributed by atoms with E-state index in [1.165, 1.54) is 0 Å². The zero-order valence-corrected chi connectivity index (χ0v) is 27.0. The van der Waals surface area contributed by atoms with Crippen LogP contribution in [0, 0.1) is 28.6 Å². The van der Waals surface area contributed by atoms with Gasteiger partial charge in [-0.15, -0.1) is 0 Å². The van der Waals surface area contributed by atoms with Gasteiger partial charge in [0.05, 0.1) is 41.7 Å². The van der Waals surface area contributed by atoms with Gasteiger partial charge in [0.15, 0.2) is 12.1 Å². The Morgan fingerprint density at radius 2 is 1.64 bits per heavy atom. The summed E-state index contributed by atoms with van der Waals surface area (Å²) in [6.45, 7) is 8.06. The third-order valence-corrected chi connectivity index (χ3v) is 12.6. The monoisotopic (exact) mass is 642 g/mol. The lowest BCUT2D eigenvalue weighted by atomic mass is 9.45. The van der Waals surface area contributed by atoms with E-state index in [4.69, 9.17) is 9.47 Å². The quantitative estimate of drug-likeness (QED) is 0.166. The van der Waals surface area contributed by atoms with E-state index in [2.05, 4.69) is 0 Å². The number of aliphatic hydroxyl groups is 9. The van der Waals surface area contributed by atoms with Crippen LogP contribution in [0.1, 0.15) is 86.0 Å². The average Bonchev–Trinajstić information content (AvgIpc) is 3.23. The number of ketones is 1. The molecule has 0 aromatic carbocycles. The molecule has 1 saturated heterocycles. The van der Waals surface area contributed by atoms with Crippen molar-refractivity contribution in [2.75, 3.05) is 6.61 Å². The fraction of sp³-hybridized carbons (Fsp3) is 0.909. The summed E-state index contributed by atoms with van der Waals surface area (Å²) in [5.74, 6) is -1.40. The van der Waals surface area contributed by atoms with Gasteiger partial charge >= 0.3 is 0 Å². The first-order valence-corrected chi connectivity index (χ1v) is 16.5. The van der Waals surface area contributed by atoms with Gasteiger partial charge in [-0.1, -0.05) is 13.8 Å². The molecule has 1 heterocycles. The second-order valence-corrected chi connectivity index (χ2v) is 16.0. The lowest BCUT2D eigenvalue weighted by Gasteiger charge is -2.61. The van der Waals surface area contributed by atoms with Gasteiger partial charge < -0.3 is 55.4 Å². The Kier molecular flexibility index (Phi) is 9.28. The second-order valence-electron chi connectivity index (χ2n) is 16.0. The Morgan fingerprint density at radius 3 is 2.27 bits per heavy atom. The molecule has 0 aromatic heterocycles. The van der Waals surface area contributed by atoms with Crippen LogP contribution in [0.2, 0.25) is 0 Å². The zero-order valence-electron chi connectivity index (χ0n) is 27.0. The Balaban J connectivity index is 1.47. The maximum atomic E-state index is 13.5. The third-order valence-electron chi connectivity index (χ3n) is 12.6. The summed E-state index contributed by atoms with van der Waals surface area (Å²) < 4.78 is 11.8. The summed E-state index contributed by atoms with van der Waals surface area (Å²) in [6, 6.07) is 0. The molecule has 0 unspecified atom stereocenters. The van der Waals surface area contributed by atoms with Crippen molar-refractivity contribution in [3.8, 4) is 0 Å². The number of hydrogen-bond acceptors (Lipinski definition) is 12. The van der Waals surface area contributed by atoms with Crippen LogP contribution in [0.5, 0.6) is 0 Å². The van der Waals surface area contributed by atoms with E-state index in [-0.39, 0.29) is 43.8 Å². The molecule has 258 valence electrons. The van der Waals surface area contributed by atoms with Gasteiger partial charge in [0.1, 0.15) is 24.4 Å². The molecular weight excluding hydrogens is 588 g/mol. The first kappa shape index (κ1) is 35.3. The third kappa shape index (κ3) is 5.65. The smallest absolute Gasteiger partial charge is 0.187 e. The van der Waals surface area contributed by atoms with Gasteiger partial charge in [-0.2, -0.15) is 0 Å². The van der Waals surface area contributed by atoms with Crippen molar-refractivity contribution < 1.29 is 60.2 Å². The number of aliphatic hydroxyl groups excluding tert-OH is 6. The molecule has 15 atom stereocenters. The fourth-order valence-electron chi connectivity index (χ4n) is 9.86. The Morgan fingerprint density at radius 1 is 0.978 bits per heavy atom. The number of carbonyl (C=O) groups excluding carboxylic acids is 1. The highest BCUT2D eigenvalue weighted by molar-refractivity contribution is 5.95. The average molecular weight is 643 g/mol. The van der Waals surface area contributed by atoms with E-state index in [1.807, 2.05) is 13.8 Å². The largest absolute Gasteiger partial charge is 0.394 e. The van der Waals surface area contributed by atoms with E-state index >= 15 is 0 Å². The molecule has 12 heteroatoms. The number of allylic oxidation sites excluding steroid dienone is 1. The Bertz CT molecular complexity index is 1150. The van der Waals surface area contributed by atoms with Gasteiger partial charge in [0, 0.05) is 11.3 Å². The van der Waals surface area contributed by atoms with Crippen molar-refractivity contribution in [3.05, 3.63) is 11.6 Å². The SMILES string of the molecule is CC(C)(O)CC[C@@H](O[C@@H]1O[C@H](CO)[C@@H](O)[C@H](O)[C@H]1O)[C@](C)(O)[C@H]1CC[C@@]2(O)C3=CC(=O)[C@@H]4C[C@@H](O)[C@@H](O)C[C@]4(C)[C@H]3CC[C@]12C. The molecule has 0 spiro atoms. The van der Waals surface area contributed by atoms with Crippen molar-refractivity contribution in [3.63, 3.8) is 0 Å². The highest BCUT2D eigenvalue weighted by Gasteiger charge is 2.69. The van der Waals surface area contributed by atoms with Crippen LogP contribution in [0.4, 0.5) is 0 Å². The first-order valence-electron chi connectivity index (χ1n) is 16.5. The molecule has 0 amide bonds. The molecule has 5 rings (SSSR count). The van der Waals surface area contributed by atoms with E-state index in [0.717, 1.165) is 0 Å². The summed E-state index contributed by atoms with van der Waals surface area (Å²) >= 11 is 0. The van der Waals surface area contributed by atoms with Crippen LogP contribution in [-0.4, -0.2) is 124 Å². The number of carbonyl (C=O) groups is 1. The molecule has 45 heavy (non-hydrogen) atoms. The number of fused-ring (bicyclic) bond motifs is 5. The molecule has 3 saturated carbocycles. The number of ether oxygens (including phenoxy) is 2. The van der Waals surface area contributed by atoms with Crippen molar-refractivity contribution in [1.82, 2.24) is 0 Å². The van der Waals surface area contributed by atoms with E-state index in [0.29, 0.717) is 24.8 Å². The lowest BCUT2D eigenvalue weighted by Crippen LogP contribution is -2.64. The number of rotatable bonds is 8.